The fraction of sp³-hybridized carbons (Fsp3) is 0.404. The number of aromatic amines is 1. The molecule has 0 fully saturated rings. The molecular formula is C52H74N10. The van der Waals surface area contributed by atoms with Crippen LogP contribution in [0.15, 0.2) is 147 Å². The molecule has 0 bridgehead atoms. The lowest BCUT2D eigenvalue weighted by Crippen LogP contribution is -1.93. The second-order valence-corrected chi connectivity index (χ2v) is 16.4. The standard InChI is InChI=1S/C9H12.2C8H11N.3C7H10N2.C6H10N2/c1-8(2)9-6-4-3-5-7-9;2*1-7(2)8-5-3-4-6-9-8;1-6(2)7-5-8-3-4-9-7;1-6(2)7-8-4-3-5-9-7;1-6(2)7-4-3-5-8-9-7;1-5(2)6-3-4-7-8-6/h3-8H,1-2H3;2*3-7H,1-2H3;3*3-6H,1-2H3;3-5H,1-2H3,(H,7,8). The molecular weight excluding hydrogens is 765 g/mol. The summed E-state index contributed by atoms with van der Waals surface area (Å²) in [5.41, 5.74) is 7.05. The van der Waals surface area contributed by atoms with E-state index < -0.39 is 0 Å². The van der Waals surface area contributed by atoms with Crippen molar-refractivity contribution in [1.29, 1.82) is 0 Å². The van der Waals surface area contributed by atoms with Gasteiger partial charge >= 0.3 is 0 Å². The molecule has 0 radical (unpaired) electrons. The first kappa shape index (κ1) is 54.0. The lowest BCUT2D eigenvalue weighted by atomic mass is 10.0. The van der Waals surface area contributed by atoms with Gasteiger partial charge in [0.1, 0.15) is 5.82 Å². The zero-order valence-electron chi connectivity index (χ0n) is 39.9. The van der Waals surface area contributed by atoms with Crippen LogP contribution >= 0.6 is 0 Å². The van der Waals surface area contributed by atoms with Crippen molar-refractivity contribution < 1.29 is 0 Å². The topological polar surface area (TPSA) is 132 Å². The molecule has 0 aliphatic rings. The lowest BCUT2D eigenvalue weighted by Gasteiger charge is -2.01. The van der Waals surface area contributed by atoms with E-state index in [0.717, 1.165) is 28.6 Å². The molecule has 0 unspecified atom stereocenters. The molecule has 0 saturated carbocycles. The lowest BCUT2D eigenvalue weighted by molar-refractivity contribution is 0.774. The molecule has 332 valence electrons. The van der Waals surface area contributed by atoms with Crippen LogP contribution in [0.1, 0.15) is 178 Å². The molecule has 0 aliphatic heterocycles. The minimum Gasteiger partial charge on any atom is -0.282 e. The first-order chi connectivity index (χ1) is 29.6. The van der Waals surface area contributed by atoms with Gasteiger partial charge in [0, 0.05) is 78.8 Å². The number of hydrogen-bond donors (Lipinski definition) is 1. The molecule has 6 heterocycles. The van der Waals surface area contributed by atoms with Crippen LogP contribution in [0.3, 0.4) is 0 Å². The Morgan fingerprint density at radius 1 is 0.355 bits per heavy atom. The Morgan fingerprint density at radius 3 is 1.13 bits per heavy atom. The van der Waals surface area contributed by atoms with E-state index in [0.29, 0.717) is 41.4 Å². The maximum absolute atomic E-state index is 4.18. The van der Waals surface area contributed by atoms with E-state index in [1.165, 1.54) is 11.3 Å². The van der Waals surface area contributed by atoms with Crippen LogP contribution < -0.4 is 0 Å². The minimum absolute atomic E-state index is 0.436. The Kier molecular flexibility index (Phi) is 28.5. The summed E-state index contributed by atoms with van der Waals surface area (Å²) in [6, 6.07) is 30.2. The minimum atomic E-state index is 0.436. The molecule has 10 nitrogen and oxygen atoms in total. The van der Waals surface area contributed by atoms with Gasteiger partial charge in [0.05, 0.1) is 11.4 Å². The molecule has 10 heteroatoms. The Labute approximate surface area is 374 Å². The fourth-order valence-corrected chi connectivity index (χ4v) is 4.70. The SMILES string of the molecule is CC(C)c1ccccc1.CC(C)c1ccccn1.CC(C)c1ccccn1.CC(C)c1cccnn1.CC(C)c1ccn[nH]1.CC(C)c1cnccn1.CC(C)c1ncccn1. The van der Waals surface area contributed by atoms with Crippen molar-refractivity contribution in [2.75, 3.05) is 0 Å². The van der Waals surface area contributed by atoms with Gasteiger partial charge in [0.2, 0.25) is 0 Å². The van der Waals surface area contributed by atoms with Crippen molar-refractivity contribution in [3.05, 3.63) is 187 Å². The van der Waals surface area contributed by atoms with E-state index in [9.17, 15) is 0 Å². The summed E-state index contributed by atoms with van der Waals surface area (Å²) < 4.78 is 0. The van der Waals surface area contributed by atoms with Gasteiger partial charge in [0.25, 0.3) is 0 Å². The Bertz CT molecular complexity index is 1650. The molecule has 1 N–H and O–H groups in total. The Hall–Kier alpha value is -6.03. The summed E-state index contributed by atoms with van der Waals surface area (Å²) in [6.07, 6.45) is 15.8. The predicted molar refractivity (Wildman–Crippen MR) is 258 cm³/mol. The van der Waals surface area contributed by atoms with E-state index in [1.807, 2.05) is 79.1 Å². The van der Waals surface area contributed by atoms with Crippen LogP contribution in [-0.4, -0.2) is 50.3 Å². The van der Waals surface area contributed by atoms with E-state index in [4.69, 9.17) is 0 Å². The Balaban J connectivity index is 0.000000362. The van der Waals surface area contributed by atoms with Crippen molar-refractivity contribution in [2.45, 2.75) is 138 Å². The van der Waals surface area contributed by atoms with E-state index in [1.54, 1.807) is 43.4 Å². The van der Waals surface area contributed by atoms with Gasteiger partial charge in [-0.2, -0.15) is 15.3 Å². The van der Waals surface area contributed by atoms with Crippen LogP contribution in [-0.2, 0) is 0 Å². The number of pyridine rings is 2. The third-order valence-corrected chi connectivity index (χ3v) is 8.63. The first-order valence-electron chi connectivity index (χ1n) is 21.8. The zero-order valence-corrected chi connectivity index (χ0v) is 39.9. The number of nitrogens with zero attached hydrogens (tertiary/aromatic N) is 9. The van der Waals surface area contributed by atoms with E-state index in [2.05, 4.69) is 171 Å². The summed E-state index contributed by atoms with van der Waals surface area (Å²) in [5, 5.41) is 14.4. The van der Waals surface area contributed by atoms with Crippen molar-refractivity contribution in [2.24, 2.45) is 0 Å². The van der Waals surface area contributed by atoms with Crippen molar-refractivity contribution >= 4 is 0 Å². The highest BCUT2D eigenvalue weighted by atomic mass is 15.1. The van der Waals surface area contributed by atoms with Crippen LogP contribution in [0.2, 0.25) is 0 Å². The van der Waals surface area contributed by atoms with Crippen molar-refractivity contribution in [3.63, 3.8) is 0 Å². The van der Waals surface area contributed by atoms with Gasteiger partial charge in [-0.25, -0.2) is 9.97 Å². The predicted octanol–water partition coefficient (Wildman–Crippen LogP) is 13.6. The van der Waals surface area contributed by atoms with Gasteiger partial charge in [-0.1, -0.05) is 139 Å². The average Bonchev–Trinajstić information content (AvgIpc) is 3.86. The average molecular weight is 839 g/mol. The van der Waals surface area contributed by atoms with Crippen molar-refractivity contribution in [3.8, 4) is 0 Å². The number of hydrogen-bond acceptors (Lipinski definition) is 9. The van der Waals surface area contributed by atoms with Crippen LogP contribution in [0.25, 0.3) is 0 Å². The molecule has 6 aromatic heterocycles. The third kappa shape index (κ3) is 25.6. The van der Waals surface area contributed by atoms with Crippen LogP contribution in [0.5, 0.6) is 0 Å². The highest BCUT2D eigenvalue weighted by molar-refractivity contribution is 5.17. The number of H-pyrrole nitrogens is 1. The summed E-state index contributed by atoms with van der Waals surface area (Å²) in [4.78, 5) is 24.5. The first-order valence-corrected chi connectivity index (χ1v) is 21.8. The molecule has 7 aromatic rings. The van der Waals surface area contributed by atoms with Crippen LogP contribution in [0, 0.1) is 0 Å². The number of aromatic nitrogens is 10. The monoisotopic (exact) mass is 839 g/mol. The normalized spacial score (nSPS) is 10.1. The maximum atomic E-state index is 4.18. The molecule has 0 spiro atoms. The molecule has 0 saturated heterocycles. The maximum Gasteiger partial charge on any atom is 0.130 e. The van der Waals surface area contributed by atoms with Gasteiger partial charge in [-0.05, 0) is 89.6 Å². The second-order valence-electron chi connectivity index (χ2n) is 16.4. The quantitative estimate of drug-likeness (QED) is 0.167. The summed E-state index contributed by atoms with van der Waals surface area (Å²) in [6.45, 7) is 29.8. The van der Waals surface area contributed by atoms with Gasteiger partial charge < -0.3 is 0 Å². The fourth-order valence-electron chi connectivity index (χ4n) is 4.70. The molecule has 1 aromatic carbocycles. The number of rotatable bonds is 7. The van der Waals surface area contributed by atoms with Gasteiger partial charge in [0.15, 0.2) is 0 Å². The highest BCUT2D eigenvalue weighted by Crippen LogP contribution is 2.13. The summed E-state index contributed by atoms with van der Waals surface area (Å²) >= 11 is 0. The summed E-state index contributed by atoms with van der Waals surface area (Å²) in [7, 11) is 0. The number of benzene rings is 1. The van der Waals surface area contributed by atoms with Gasteiger partial charge in [-0.3, -0.25) is 25.0 Å². The molecule has 0 aliphatic carbocycles. The molecule has 0 atom stereocenters. The van der Waals surface area contributed by atoms with E-state index >= 15 is 0 Å². The molecule has 0 amide bonds. The largest absolute Gasteiger partial charge is 0.282 e. The molecule has 7 rings (SSSR count). The zero-order chi connectivity index (χ0) is 46.1. The van der Waals surface area contributed by atoms with E-state index in [-0.39, 0.29) is 0 Å². The third-order valence-electron chi connectivity index (χ3n) is 8.63. The van der Waals surface area contributed by atoms with Gasteiger partial charge in [-0.15, -0.1) is 0 Å². The smallest absolute Gasteiger partial charge is 0.130 e. The number of nitrogens with one attached hydrogen (secondary N) is 1. The second kappa shape index (κ2) is 32.7. The van der Waals surface area contributed by atoms with Crippen molar-refractivity contribution in [1.82, 2.24) is 50.3 Å². The molecule has 62 heavy (non-hydrogen) atoms. The Morgan fingerprint density at radius 2 is 0.855 bits per heavy atom. The summed E-state index contributed by atoms with van der Waals surface area (Å²) in [5.74, 6) is 4.64. The van der Waals surface area contributed by atoms with Crippen LogP contribution in [0.4, 0.5) is 0 Å². The highest BCUT2D eigenvalue weighted by Gasteiger charge is 2.00.